The van der Waals surface area contributed by atoms with Crippen LogP contribution in [0, 0.1) is 5.92 Å². The molecule has 0 spiro atoms. The van der Waals surface area contributed by atoms with Crippen LogP contribution in [-0.2, 0) is 27.5 Å². The monoisotopic (exact) mass is 343 g/mol. The third-order valence-corrected chi connectivity index (χ3v) is 3.61. The highest BCUT2D eigenvalue weighted by Gasteiger charge is 2.20. The van der Waals surface area contributed by atoms with E-state index in [9.17, 15) is 9.59 Å². The van der Waals surface area contributed by atoms with Gasteiger partial charge < -0.3 is 9.84 Å². The first-order valence-electron chi connectivity index (χ1n) is 7.84. The van der Waals surface area contributed by atoms with Crippen molar-refractivity contribution >= 4 is 17.7 Å². The number of anilines is 1. The lowest BCUT2D eigenvalue weighted by Gasteiger charge is -2.17. The molecule has 7 heteroatoms. The minimum Gasteiger partial charge on any atom is -0.481 e. The van der Waals surface area contributed by atoms with E-state index in [1.807, 2.05) is 30.3 Å². The molecular formula is C18H21N3O4. The Hall–Kier alpha value is -2.77. The predicted molar refractivity (Wildman–Crippen MR) is 92.3 cm³/mol. The number of hydrogen-bond donors (Lipinski definition) is 2. The summed E-state index contributed by atoms with van der Waals surface area (Å²) >= 11 is 0. The molecule has 1 aromatic carbocycles. The molecule has 0 saturated carbocycles. The van der Waals surface area contributed by atoms with E-state index < -0.39 is 17.8 Å². The largest absolute Gasteiger partial charge is 0.481 e. The Morgan fingerprint density at radius 3 is 2.44 bits per heavy atom. The lowest BCUT2D eigenvalue weighted by Crippen LogP contribution is -2.39. The number of carboxylic acid groups (broad SMARTS) is 1. The smallest absolute Gasteiger partial charge is 0.306 e. The van der Waals surface area contributed by atoms with Crippen LogP contribution in [0.3, 0.4) is 0 Å². The van der Waals surface area contributed by atoms with Crippen LogP contribution in [0.1, 0.15) is 24.5 Å². The highest BCUT2D eigenvalue weighted by molar-refractivity contribution is 5.93. The molecule has 132 valence electrons. The molecule has 2 aromatic rings. The van der Waals surface area contributed by atoms with Crippen molar-refractivity contribution in [2.45, 2.75) is 26.6 Å². The Kier molecular flexibility index (Phi) is 6.62. The van der Waals surface area contributed by atoms with Crippen molar-refractivity contribution in [2.24, 2.45) is 11.8 Å². The molecule has 25 heavy (non-hydrogen) atoms. The van der Waals surface area contributed by atoms with Crippen molar-refractivity contribution in [3.8, 4) is 0 Å². The molecule has 7 nitrogen and oxygen atoms in total. The number of ether oxygens (including phenoxy) is 1. The fraction of sp³-hybridized carbons (Fsp3) is 0.278. The average Bonchev–Trinajstić information content (AvgIpc) is 2.62. The molecule has 0 bridgehead atoms. The highest BCUT2D eigenvalue weighted by atomic mass is 16.5. The number of aliphatic carboxylic acids is 1. The van der Waals surface area contributed by atoms with Gasteiger partial charge in [0.05, 0.1) is 19.1 Å². The zero-order valence-corrected chi connectivity index (χ0v) is 14.0. The van der Waals surface area contributed by atoms with Gasteiger partial charge in [-0.25, -0.2) is 15.8 Å². The first-order valence-corrected chi connectivity index (χ1v) is 7.84. The molecule has 1 unspecified atom stereocenters. The molecule has 1 amide bonds. The number of aromatic nitrogens is 1. The lowest BCUT2D eigenvalue weighted by molar-refractivity contribution is -0.143. The second kappa shape index (κ2) is 8.91. The first-order chi connectivity index (χ1) is 12.0. The number of rotatable bonds is 8. The molecule has 0 radical (unpaired) electrons. The van der Waals surface area contributed by atoms with E-state index in [0.717, 1.165) is 16.1 Å². The van der Waals surface area contributed by atoms with Crippen LogP contribution in [0.15, 0.2) is 48.7 Å². The van der Waals surface area contributed by atoms with Crippen molar-refractivity contribution in [2.75, 3.05) is 5.01 Å². The molecule has 0 aliphatic rings. The van der Waals surface area contributed by atoms with E-state index in [4.69, 9.17) is 15.7 Å². The quantitative estimate of drug-likeness (QED) is 0.432. The Morgan fingerprint density at radius 2 is 1.84 bits per heavy atom. The number of nitrogens with two attached hydrogens (primary N) is 1. The van der Waals surface area contributed by atoms with Crippen molar-refractivity contribution in [3.63, 3.8) is 0 Å². The lowest BCUT2D eigenvalue weighted by atomic mass is 10.1. The Morgan fingerprint density at radius 1 is 1.16 bits per heavy atom. The molecular weight excluding hydrogens is 322 g/mol. The summed E-state index contributed by atoms with van der Waals surface area (Å²) in [5, 5.41) is 9.71. The Balaban J connectivity index is 1.86. The number of hydrazine groups is 1. The van der Waals surface area contributed by atoms with Crippen LogP contribution in [0.4, 0.5) is 5.82 Å². The summed E-state index contributed by atoms with van der Waals surface area (Å²) < 4.78 is 5.62. The molecule has 0 aliphatic heterocycles. The Bertz CT molecular complexity index is 704. The van der Waals surface area contributed by atoms with Crippen LogP contribution in [0.5, 0.6) is 0 Å². The summed E-state index contributed by atoms with van der Waals surface area (Å²) in [4.78, 5) is 26.9. The summed E-state index contributed by atoms with van der Waals surface area (Å²) in [5.41, 5.74) is 1.93. The standard InChI is InChI=1S/C18H21N3O4/c1-13(18(23)24)9-17(22)21(19)16-8-7-15(10-20-16)12-25-11-14-5-3-2-4-6-14/h2-8,10,13H,9,11-12,19H2,1H3,(H,23,24). The van der Waals surface area contributed by atoms with Gasteiger partial charge in [-0.1, -0.05) is 43.3 Å². The van der Waals surface area contributed by atoms with Crippen LogP contribution in [0.25, 0.3) is 0 Å². The van der Waals surface area contributed by atoms with Gasteiger partial charge in [0.15, 0.2) is 0 Å². The normalized spacial score (nSPS) is 11.8. The number of pyridine rings is 1. The van der Waals surface area contributed by atoms with Crippen molar-refractivity contribution in [3.05, 3.63) is 59.8 Å². The molecule has 2 rings (SSSR count). The highest BCUT2D eigenvalue weighted by Crippen LogP contribution is 2.13. The summed E-state index contributed by atoms with van der Waals surface area (Å²) in [6.07, 6.45) is 1.39. The van der Waals surface area contributed by atoms with E-state index >= 15 is 0 Å². The van der Waals surface area contributed by atoms with Crippen LogP contribution in [0.2, 0.25) is 0 Å². The van der Waals surface area contributed by atoms with Gasteiger partial charge in [-0.2, -0.15) is 0 Å². The molecule has 0 aliphatic carbocycles. The van der Waals surface area contributed by atoms with E-state index in [2.05, 4.69) is 4.98 Å². The SMILES string of the molecule is CC(CC(=O)N(N)c1ccc(COCc2ccccc2)cn1)C(=O)O. The van der Waals surface area contributed by atoms with Gasteiger partial charge >= 0.3 is 5.97 Å². The average molecular weight is 343 g/mol. The third-order valence-electron chi connectivity index (χ3n) is 3.61. The van der Waals surface area contributed by atoms with Gasteiger partial charge in [0.2, 0.25) is 5.91 Å². The van der Waals surface area contributed by atoms with Gasteiger partial charge in [0, 0.05) is 12.6 Å². The maximum absolute atomic E-state index is 11.9. The third kappa shape index (κ3) is 5.66. The number of carbonyl (C=O) groups is 2. The van der Waals surface area contributed by atoms with Gasteiger partial charge in [-0.05, 0) is 17.2 Å². The van der Waals surface area contributed by atoms with Gasteiger partial charge in [0.1, 0.15) is 5.82 Å². The van der Waals surface area contributed by atoms with Gasteiger partial charge in [-0.3, -0.25) is 9.59 Å². The molecule has 1 aromatic heterocycles. The van der Waals surface area contributed by atoms with E-state index in [-0.39, 0.29) is 12.2 Å². The second-order valence-corrected chi connectivity index (χ2v) is 5.71. The zero-order chi connectivity index (χ0) is 18.2. The topological polar surface area (TPSA) is 106 Å². The first kappa shape index (κ1) is 18.6. The number of carboxylic acids is 1. The second-order valence-electron chi connectivity index (χ2n) is 5.71. The van der Waals surface area contributed by atoms with Crippen molar-refractivity contribution in [1.29, 1.82) is 0 Å². The van der Waals surface area contributed by atoms with Crippen LogP contribution < -0.4 is 10.9 Å². The summed E-state index contributed by atoms with van der Waals surface area (Å²) in [7, 11) is 0. The summed E-state index contributed by atoms with van der Waals surface area (Å²) in [6.45, 7) is 2.34. The fourth-order valence-corrected chi connectivity index (χ4v) is 2.08. The maximum atomic E-state index is 11.9. The van der Waals surface area contributed by atoms with Crippen molar-refractivity contribution in [1.82, 2.24) is 4.98 Å². The van der Waals surface area contributed by atoms with E-state index in [0.29, 0.717) is 13.2 Å². The van der Waals surface area contributed by atoms with Gasteiger partial charge in [-0.15, -0.1) is 0 Å². The number of benzene rings is 1. The van der Waals surface area contributed by atoms with E-state index in [1.165, 1.54) is 6.92 Å². The fourth-order valence-electron chi connectivity index (χ4n) is 2.08. The van der Waals surface area contributed by atoms with Gasteiger partial charge in [0.25, 0.3) is 0 Å². The van der Waals surface area contributed by atoms with Crippen LogP contribution >= 0.6 is 0 Å². The number of hydrogen-bond acceptors (Lipinski definition) is 5. The Labute approximate surface area is 146 Å². The van der Waals surface area contributed by atoms with Crippen LogP contribution in [-0.4, -0.2) is 22.0 Å². The summed E-state index contributed by atoms with van der Waals surface area (Å²) in [5.74, 6) is 3.62. The predicted octanol–water partition coefficient (Wildman–Crippen LogP) is 2.12. The van der Waals surface area contributed by atoms with Crippen molar-refractivity contribution < 1.29 is 19.4 Å². The number of nitrogens with zero attached hydrogens (tertiary/aromatic N) is 2. The number of amides is 1. The zero-order valence-electron chi connectivity index (χ0n) is 14.0. The molecule has 0 saturated heterocycles. The number of carbonyl (C=O) groups excluding carboxylic acids is 1. The minimum atomic E-state index is -1.04. The molecule has 3 N–H and O–H groups in total. The summed E-state index contributed by atoms with van der Waals surface area (Å²) in [6, 6.07) is 13.2. The molecule has 1 atom stereocenters. The molecule has 1 heterocycles. The van der Waals surface area contributed by atoms with E-state index in [1.54, 1.807) is 18.3 Å². The minimum absolute atomic E-state index is 0.185. The maximum Gasteiger partial charge on any atom is 0.306 e. The molecule has 0 fully saturated rings.